The molecule has 118 valence electrons. The summed E-state index contributed by atoms with van der Waals surface area (Å²) in [6, 6.07) is 0.0655. The summed E-state index contributed by atoms with van der Waals surface area (Å²) in [6.45, 7) is 6.21. The predicted octanol–water partition coefficient (Wildman–Crippen LogP) is 3.41. The lowest BCUT2D eigenvalue weighted by molar-refractivity contribution is -0.120. The average molecular weight is 337 g/mol. The van der Waals surface area contributed by atoms with E-state index < -0.39 is 0 Å². The Morgan fingerprint density at radius 3 is 2.65 bits per heavy atom. The van der Waals surface area contributed by atoms with E-state index in [1.807, 2.05) is 28.5 Å². The Balaban J connectivity index is 2.27. The maximum absolute atomic E-state index is 12.0. The van der Waals surface area contributed by atoms with E-state index in [-0.39, 0.29) is 6.04 Å². The number of carbonyl (C=O) groups excluding carboxylic acids is 1. The predicted molar refractivity (Wildman–Crippen MR) is 96.3 cm³/mol. The fraction of sp³-hybridized carbons (Fsp3) is 0.929. The molecule has 3 nitrogen and oxygen atoms in total. The third-order valence-electron chi connectivity index (χ3n) is 3.70. The summed E-state index contributed by atoms with van der Waals surface area (Å²) in [6.07, 6.45) is 6.39. The molecule has 0 aromatic carbocycles. The number of Topliss-reactive ketones (excluding diaryl/α,β-unsaturated/α-hetero) is 1. The zero-order chi connectivity index (χ0) is 14.8. The van der Waals surface area contributed by atoms with Crippen molar-refractivity contribution in [2.45, 2.75) is 68.9 Å². The van der Waals surface area contributed by atoms with E-state index in [0.29, 0.717) is 17.5 Å². The van der Waals surface area contributed by atoms with Gasteiger partial charge in [0.25, 0.3) is 0 Å². The van der Waals surface area contributed by atoms with E-state index in [9.17, 15) is 4.79 Å². The van der Waals surface area contributed by atoms with Crippen molar-refractivity contribution in [3.8, 4) is 0 Å². The first-order valence-electron chi connectivity index (χ1n) is 7.72. The van der Waals surface area contributed by atoms with Gasteiger partial charge in [-0.2, -0.15) is 0 Å². The molecule has 4 unspecified atom stereocenters. The maximum atomic E-state index is 12.0. The van der Waals surface area contributed by atoms with Gasteiger partial charge in [-0.25, -0.2) is 0 Å². The first-order valence-corrected chi connectivity index (χ1v) is 10.6. The lowest BCUT2D eigenvalue weighted by atomic mass is 10.0. The Hall–Kier alpha value is 0.720. The van der Waals surface area contributed by atoms with E-state index >= 15 is 0 Å². The molecule has 1 saturated heterocycles. The molecule has 0 aromatic heterocycles. The lowest BCUT2D eigenvalue weighted by Gasteiger charge is -2.19. The second kappa shape index (κ2) is 11.3. The number of carbonyl (C=O) groups is 1. The zero-order valence-electron chi connectivity index (χ0n) is 12.7. The van der Waals surface area contributed by atoms with Crippen molar-refractivity contribution < 1.29 is 4.79 Å². The van der Waals surface area contributed by atoms with Crippen LogP contribution in [0.3, 0.4) is 0 Å². The van der Waals surface area contributed by atoms with Crippen LogP contribution in [0.25, 0.3) is 0 Å². The Labute approximate surface area is 134 Å². The van der Waals surface area contributed by atoms with Gasteiger partial charge < -0.3 is 10.4 Å². The molecule has 0 radical (unpaired) electrons. The molecule has 0 aromatic rings. The maximum Gasteiger partial charge on any atom is 0.149 e. The first kappa shape index (κ1) is 18.8. The van der Waals surface area contributed by atoms with Gasteiger partial charge in [0.05, 0.1) is 6.04 Å². The summed E-state index contributed by atoms with van der Waals surface area (Å²) < 4.78 is 0. The molecular formula is C14H29N2OPS2. The minimum atomic E-state index is 0.0655. The van der Waals surface area contributed by atoms with Crippen LogP contribution in [0.5, 0.6) is 0 Å². The summed E-state index contributed by atoms with van der Waals surface area (Å²) in [5.74, 6) is 0.367. The SMILES string of the molecule is CCC(=O)C(CCCCNP)NCC1CC(CC)SS1. The molecule has 0 aliphatic carbocycles. The standard InChI is InChI=1S/C14H29N2OPS2/c1-3-11-9-12(20-19-11)10-15-13(14(17)4-2)7-5-6-8-16-18/h11-13,15-16H,3-10,18H2,1-2H3. The van der Waals surface area contributed by atoms with Crippen LogP contribution in [0.15, 0.2) is 0 Å². The second-order valence-electron chi connectivity index (χ2n) is 5.31. The first-order chi connectivity index (χ1) is 9.71. The number of hydrogen-bond donors (Lipinski definition) is 2. The van der Waals surface area contributed by atoms with Crippen LogP contribution in [-0.4, -0.2) is 35.4 Å². The lowest BCUT2D eigenvalue weighted by Crippen LogP contribution is -2.40. The molecule has 6 heteroatoms. The van der Waals surface area contributed by atoms with E-state index in [4.69, 9.17) is 0 Å². The van der Waals surface area contributed by atoms with E-state index in [2.05, 4.69) is 26.7 Å². The molecule has 0 bridgehead atoms. The monoisotopic (exact) mass is 336 g/mol. The molecule has 1 rings (SSSR count). The number of hydrogen-bond acceptors (Lipinski definition) is 5. The minimum absolute atomic E-state index is 0.0655. The molecule has 1 fully saturated rings. The van der Waals surface area contributed by atoms with Gasteiger partial charge in [-0.1, -0.05) is 51.2 Å². The highest BCUT2D eigenvalue weighted by Gasteiger charge is 2.26. The fourth-order valence-corrected chi connectivity index (χ4v) is 5.94. The van der Waals surface area contributed by atoms with Crippen molar-refractivity contribution >= 4 is 36.8 Å². The van der Waals surface area contributed by atoms with E-state index in [0.717, 1.165) is 37.6 Å². The van der Waals surface area contributed by atoms with Crippen molar-refractivity contribution in [2.24, 2.45) is 0 Å². The molecule has 0 saturated carbocycles. The van der Waals surface area contributed by atoms with Crippen LogP contribution in [-0.2, 0) is 4.79 Å². The minimum Gasteiger partial charge on any atom is -0.306 e. The summed E-state index contributed by atoms with van der Waals surface area (Å²) >= 11 is 0. The molecule has 0 amide bonds. The number of unbranched alkanes of at least 4 members (excludes halogenated alkanes) is 1. The van der Waals surface area contributed by atoms with E-state index in [1.165, 1.54) is 12.8 Å². The van der Waals surface area contributed by atoms with Gasteiger partial charge in [-0.3, -0.25) is 4.79 Å². The quantitative estimate of drug-likeness (QED) is 0.344. The van der Waals surface area contributed by atoms with Crippen molar-refractivity contribution in [3.63, 3.8) is 0 Å². The zero-order valence-corrected chi connectivity index (χ0v) is 15.5. The smallest absolute Gasteiger partial charge is 0.149 e. The summed E-state index contributed by atoms with van der Waals surface area (Å²) in [5, 5.41) is 8.08. The van der Waals surface area contributed by atoms with Crippen LogP contribution < -0.4 is 10.4 Å². The van der Waals surface area contributed by atoms with Gasteiger partial charge in [0, 0.05) is 23.5 Å². The molecule has 0 spiro atoms. The summed E-state index contributed by atoms with van der Waals surface area (Å²) in [5.41, 5.74) is 0. The molecule has 1 aliphatic rings. The molecule has 20 heavy (non-hydrogen) atoms. The van der Waals surface area contributed by atoms with Crippen molar-refractivity contribution in [2.75, 3.05) is 13.1 Å². The topological polar surface area (TPSA) is 41.1 Å². The number of ketones is 1. The largest absolute Gasteiger partial charge is 0.306 e. The van der Waals surface area contributed by atoms with Gasteiger partial charge in [0.1, 0.15) is 5.78 Å². The van der Waals surface area contributed by atoms with Gasteiger partial charge in [-0.15, -0.1) is 0 Å². The van der Waals surface area contributed by atoms with Crippen LogP contribution >= 0.6 is 31.0 Å². The molecule has 4 atom stereocenters. The van der Waals surface area contributed by atoms with E-state index in [1.54, 1.807) is 0 Å². The van der Waals surface area contributed by atoms with Gasteiger partial charge >= 0.3 is 0 Å². The van der Waals surface area contributed by atoms with Crippen molar-refractivity contribution in [3.05, 3.63) is 0 Å². The highest BCUT2D eigenvalue weighted by molar-refractivity contribution is 8.77. The summed E-state index contributed by atoms with van der Waals surface area (Å²) in [4.78, 5) is 12.0. The van der Waals surface area contributed by atoms with Crippen molar-refractivity contribution in [1.29, 1.82) is 0 Å². The summed E-state index contributed by atoms with van der Waals surface area (Å²) in [7, 11) is 6.55. The van der Waals surface area contributed by atoms with Crippen molar-refractivity contribution in [1.82, 2.24) is 10.4 Å². The molecule has 2 N–H and O–H groups in total. The average Bonchev–Trinajstić information content (AvgIpc) is 2.93. The molecule has 1 aliphatic heterocycles. The normalized spacial score (nSPS) is 23.9. The molecule has 1 heterocycles. The Morgan fingerprint density at radius 2 is 2.05 bits per heavy atom. The Bertz CT molecular complexity index is 282. The van der Waals surface area contributed by atoms with Gasteiger partial charge in [0.15, 0.2) is 0 Å². The van der Waals surface area contributed by atoms with Crippen LogP contribution in [0.1, 0.15) is 52.4 Å². The fourth-order valence-electron chi connectivity index (χ4n) is 2.35. The Kier molecular flexibility index (Phi) is 10.6. The number of rotatable bonds is 11. The van der Waals surface area contributed by atoms with Crippen LogP contribution in [0, 0.1) is 0 Å². The Morgan fingerprint density at radius 1 is 1.30 bits per heavy atom. The van der Waals surface area contributed by atoms with Gasteiger partial charge in [-0.05, 0) is 32.2 Å². The van der Waals surface area contributed by atoms with Crippen LogP contribution in [0.4, 0.5) is 0 Å². The van der Waals surface area contributed by atoms with Gasteiger partial charge in [0.2, 0.25) is 0 Å². The highest BCUT2D eigenvalue weighted by atomic mass is 33.1. The third-order valence-corrected chi connectivity index (χ3v) is 7.50. The number of nitrogens with one attached hydrogen (secondary N) is 2. The van der Waals surface area contributed by atoms with Crippen LogP contribution in [0.2, 0.25) is 0 Å². The second-order valence-corrected chi connectivity index (χ2v) is 8.59. The third kappa shape index (κ3) is 7.13. The highest BCUT2D eigenvalue weighted by Crippen LogP contribution is 2.44. The molecular weight excluding hydrogens is 307 g/mol.